The van der Waals surface area contributed by atoms with Crippen LogP contribution in [0.1, 0.15) is 16.1 Å². The maximum absolute atomic E-state index is 11.0. The molecule has 0 saturated carbocycles. The Labute approximate surface area is 117 Å². The van der Waals surface area contributed by atoms with Gasteiger partial charge in [0.2, 0.25) is 5.88 Å². The molecule has 0 amide bonds. The molecule has 0 unspecified atom stereocenters. The molecular weight excluding hydrogens is 280 g/mol. The number of nitro groups is 1. The van der Waals surface area contributed by atoms with Gasteiger partial charge in [-0.25, -0.2) is 14.8 Å². The second-order valence-corrected chi connectivity index (χ2v) is 3.69. The third-order valence-corrected chi connectivity index (χ3v) is 2.36. The molecule has 1 N–H and O–H groups in total. The molecule has 0 spiro atoms. The SMILES string of the molecule is N#Cc1cnc(Oc2ccc([N+](=O)[O-])c(C(=O)O)c2)cn1. The molecule has 9 nitrogen and oxygen atoms in total. The van der Waals surface area contributed by atoms with Crippen molar-refractivity contribution in [3.8, 4) is 17.7 Å². The lowest BCUT2D eigenvalue weighted by Crippen LogP contribution is -2.03. The van der Waals surface area contributed by atoms with E-state index in [1.54, 1.807) is 6.07 Å². The van der Waals surface area contributed by atoms with Crippen LogP contribution in [0.25, 0.3) is 0 Å². The molecule has 0 saturated heterocycles. The second kappa shape index (κ2) is 5.62. The number of hydrogen-bond acceptors (Lipinski definition) is 7. The Morgan fingerprint density at radius 3 is 2.67 bits per heavy atom. The van der Waals surface area contributed by atoms with Crippen molar-refractivity contribution >= 4 is 11.7 Å². The van der Waals surface area contributed by atoms with E-state index in [0.29, 0.717) is 0 Å². The number of benzene rings is 1. The zero-order valence-electron chi connectivity index (χ0n) is 10.3. The highest BCUT2D eigenvalue weighted by atomic mass is 16.6. The average Bonchev–Trinajstić information content (AvgIpc) is 2.47. The van der Waals surface area contributed by atoms with Gasteiger partial charge in [-0.15, -0.1) is 0 Å². The third-order valence-electron chi connectivity index (χ3n) is 2.36. The summed E-state index contributed by atoms with van der Waals surface area (Å²) in [6.45, 7) is 0. The topological polar surface area (TPSA) is 139 Å². The molecule has 2 rings (SSSR count). The lowest BCUT2D eigenvalue weighted by molar-refractivity contribution is -0.385. The maximum atomic E-state index is 11.0. The fourth-order valence-electron chi connectivity index (χ4n) is 1.46. The number of carboxylic acids is 1. The molecule has 0 radical (unpaired) electrons. The van der Waals surface area contributed by atoms with E-state index in [-0.39, 0.29) is 17.3 Å². The molecule has 1 heterocycles. The first-order valence-electron chi connectivity index (χ1n) is 5.43. The molecular formula is C12H6N4O5. The summed E-state index contributed by atoms with van der Waals surface area (Å²) in [5.74, 6) is -1.37. The van der Waals surface area contributed by atoms with Gasteiger partial charge in [-0.1, -0.05) is 0 Å². The molecule has 21 heavy (non-hydrogen) atoms. The van der Waals surface area contributed by atoms with Crippen molar-refractivity contribution in [2.75, 3.05) is 0 Å². The number of aromatic nitrogens is 2. The Bertz CT molecular complexity index is 751. The number of rotatable bonds is 4. The van der Waals surface area contributed by atoms with Crippen molar-refractivity contribution in [3.05, 3.63) is 52.0 Å². The van der Waals surface area contributed by atoms with E-state index < -0.39 is 22.1 Å². The average molecular weight is 286 g/mol. The number of aromatic carboxylic acids is 1. The number of carbonyl (C=O) groups is 1. The smallest absolute Gasteiger partial charge is 0.342 e. The number of hydrogen-bond donors (Lipinski definition) is 1. The predicted octanol–water partition coefficient (Wildman–Crippen LogP) is 1.75. The van der Waals surface area contributed by atoms with Crippen molar-refractivity contribution in [2.24, 2.45) is 0 Å². The Balaban J connectivity index is 2.32. The normalized spacial score (nSPS) is 9.67. The van der Waals surface area contributed by atoms with Crippen LogP contribution in [-0.2, 0) is 0 Å². The van der Waals surface area contributed by atoms with Crippen LogP contribution in [0.2, 0.25) is 0 Å². The quantitative estimate of drug-likeness (QED) is 0.662. The molecule has 9 heteroatoms. The molecule has 0 aliphatic carbocycles. The van der Waals surface area contributed by atoms with E-state index in [9.17, 15) is 14.9 Å². The summed E-state index contributed by atoms with van der Waals surface area (Å²) in [7, 11) is 0. The molecule has 0 bridgehead atoms. The number of carboxylic acid groups (broad SMARTS) is 1. The van der Waals surface area contributed by atoms with Crippen LogP contribution >= 0.6 is 0 Å². The van der Waals surface area contributed by atoms with Gasteiger partial charge in [0.25, 0.3) is 5.69 Å². The van der Waals surface area contributed by atoms with Crippen molar-refractivity contribution < 1.29 is 19.6 Å². The van der Waals surface area contributed by atoms with E-state index in [1.165, 1.54) is 18.5 Å². The highest BCUT2D eigenvalue weighted by molar-refractivity contribution is 5.92. The number of nitrogens with zero attached hydrogens (tertiary/aromatic N) is 4. The third kappa shape index (κ3) is 3.07. The molecule has 0 aliphatic heterocycles. The van der Waals surface area contributed by atoms with E-state index in [1.807, 2.05) is 0 Å². The Kier molecular flexibility index (Phi) is 3.71. The van der Waals surface area contributed by atoms with Crippen molar-refractivity contribution in [2.45, 2.75) is 0 Å². The largest absolute Gasteiger partial charge is 0.477 e. The molecule has 0 fully saturated rings. The molecule has 104 valence electrons. The lowest BCUT2D eigenvalue weighted by Gasteiger charge is -2.05. The van der Waals surface area contributed by atoms with Gasteiger partial charge >= 0.3 is 5.97 Å². The van der Waals surface area contributed by atoms with Gasteiger partial charge in [-0.05, 0) is 6.07 Å². The standard InChI is InChI=1S/C12H6N4O5/c13-4-7-5-15-11(6-14-7)21-8-1-2-10(16(19)20)9(3-8)12(17)18/h1-3,5-6H,(H,17,18). The lowest BCUT2D eigenvalue weighted by atomic mass is 10.1. The summed E-state index contributed by atoms with van der Waals surface area (Å²) in [4.78, 5) is 28.4. The minimum Gasteiger partial charge on any atom is -0.477 e. The number of nitriles is 1. The molecule has 1 aromatic heterocycles. The van der Waals surface area contributed by atoms with Gasteiger partial charge in [-0.3, -0.25) is 10.1 Å². The minimum atomic E-state index is -1.45. The van der Waals surface area contributed by atoms with Crippen molar-refractivity contribution in [3.63, 3.8) is 0 Å². The Morgan fingerprint density at radius 2 is 2.14 bits per heavy atom. The van der Waals surface area contributed by atoms with Gasteiger partial charge in [0, 0.05) is 12.1 Å². The van der Waals surface area contributed by atoms with Crippen molar-refractivity contribution in [1.82, 2.24) is 9.97 Å². The van der Waals surface area contributed by atoms with Gasteiger partial charge in [-0.2, -0.15) is 5.26 Å². The fourth-order valence-corrected chi connectivity index (χ4v) is 1.46. The second-order valence-electron chi connectivity index (χ2n) is 3.69. The van der Waals surface area contributed by atoms with Crippen molar-refractivity contribution in [1.29, 1.82) is 5.26 Å². The van der Waals surface area contributed by atoms with Crippen LogP contribution in [0.15, 0.2) is 30.6 Å². The highest BCUT2D eigenvalue weighted by Crippen LogP contribution is 2.26. The van der Waals surface area contributed by atoms with Crippen LogP contribution in [-0.4, -0.2) is 26.0 Å². The summed E-state index contributed by atoms with van der Waals surface area (Å²) in [6, 6.07) is 5.06. The summed E-state index contributed by atoms with van der Waals surface area (Å²) in [5.41, 5.74) is -0.947. The van der Waals surface area contributed by atoms with Crippen LogP contribution in [0.4, 0.5) is 5.69 Å². The van der Waals surface area contributed by atoms with E-state index in [2.05, 4.69) is 9.97 Å². The summed E-state index contributed by atoms with van der Waals surface area (Å²) in [5, 5.41) is 28.2. The van der Waals surface area contributed by atoms with Gasteiger partial charge in [0.05, 0.1) is 17.3 Å². The number of nitro benzene ring substituents is 1. The molecule has 2 aromatic rings. The van der Waals surface area contributed by atoms with Gasteiger partial charge in [0.1, 0.15) is 17.4 Å². The predicted molar refractivity (Wildman–Crippen MR) is 66.9 cm³/mol. The first-order chi connectivity index (χ1) is 10.0. The summed E-state index contributed by atoms with van der Waals surface area (Å²) in [6.07, 6.45) is 2.36. The number of ether oxygens (including phenoxy) is 1. The van der Waals surface area contributed by atoms with Crippen LogP contribution in [0.5, 0.6) is 11.6 Å². The minimum absolute atomic E-state index is 0.0270. The summed E-state index contributed by atoms with van der Waals surface area (Å²) >= 11 is 0. The summed E-state index contributed by atoms with van der Waals surface area (Å²) < 4.78 is 5.23. The molecule has 0 aliphatic rings. The van der Waals surface area contributed by atoms with Gasteiger partial charge < -0.3 is 9.84 Å². The molecule has 0 atom stereocenters. The van der Waals surface area contributed by atoms with Gasteiger partial charge in [0.15, 0.2) is 5.69 Å². The first-order valence-corrected chi connectivity index (χ1v) is 5.43. The van der Waals surface area contributed by atoms with E-state index in [4.69, 9.17) is 15.1 Å². The Morgan fingerprint density at radius 1 is 1.38 bits per heavy atom. The van der Waals surface area contributed by atoms with E-state index in [0.717, 1.165) is 12.1 Å². The highest BCUT2D eigenvalue weighted by Gasteiger charge is 2.20. The monoisotopic (exact) mass is 286 g/mol. The molecule has 1 aromatic carbocycles. The maximum Gasteiger partial charge on any atom is 0.342 e. The van der Waals surface area contributed by atoms with Crippen LogP contribution < -0.4 is 4.74 Å². The zero-order valence-corrected chi connectivity index (χ0v) is 10.3. The fraction of sp³-hybridized carbons (Fsp3) is 0. The van der Waals surface area contributed by atoms with E-state index >= 15 is 0 Å². The Hall–Kier alpha value is -3.54. The van der Waals surface area contributed by atoms with Crippen LogP contribution in [0.3, 0.4) is 0 Å². The zero-order chi connectivity index (χ0) is 15.4. The first kappa shape index (κ1) is 13.9. The van der Waals surface area contributed by atoms with Crippen LogP contribution in [0, 0.1) is 21.4 Å².